The maximum Gasteiger partial charge on any atom is 0.526 e. The van der Waals surface area contributed by atoms with Gasteiger partial charge in [-0.3, -0.25) is 4.57 Å². The van der Waals surface area contributed by atoms with Gasteiger partial charge in [-0.1, -0.05) is 118 Å². The Labute approximate surface area is 320 Å². The third-order valence-electron chi connectivity index (χ3n) is 10.6. The summed E-state index contributed by atoms with van der Waals surface area (Å²) < 4.78 is 18.0. The minimum absolute atomic E-state index is 0.00885. The molecule has 6 aromatic carbocycles. The SMILES string of the molecule is CC(C)(C)c1ccnc(-n2c3ccccc3c3ccc(Oc4ccc5c(c4)-c4nccn4B(c4c(-c6ccccc6)cccc4-c4ccccc4)O5)cc32)c1. The van der Waals surface area contributed by atoms with Crippen molar-refractivity contribution >= 4 is 34.3 Å². The van der Waals surface area contributed by atoms with Crippen molar-refractivity contribution in [2.45, 2.75) is 26.2 Å². The first-order valence-corrected chi connectivity index (χ1v) is 18.7. The van der Waals surface area contributed by atoms with Crippen LogP contribution < -0.4 is 14.9 Å². The van der Waals surface area contributed by atoms with Gasteiger partial charge in [-0.2, -0.15) is 0 Å². The minimum Gasteiger partial charge on any atom is -0.537 e. The molecule has 0 unspecified atom stereocenters. The van der Waals surface area contributed by atoms with E-state index in [1.165, 1.54) is 10.9 Å². The Kier molecular flexibility index (Phi) is 7.70. The summed E-state index contributed by atoms with van der Waals surface area (Å²) in [5.41, 5.74) is 9.79. The summed E-state index contributed by atoms with van der Waals surface area (Å²) in [4.78, 5) is 9.72. The second-order valence-electron chi connectivity index (χ2n) is 15.1. The molecule has 1 aliphatic rings. The second kappa shape index (κ2) is 12.9. The van der Waals surface area contributed by atoms with Gasteiger partial charge in [0.25, 0.3) is 0 Å². The lowest BCUT2D eigenvalue weighted by Gasteiger charge is -2.29. The first-order valence-electron chi connectivity index (χ1n) is 18.7. The quantitative estimate of drug-likeness (QED) is 0.161. The molecule has 4 heterocycles. The zero-order valence-corrected chi connectivity index (χ0v) is 30.8. The van der Waals surface area contributed by atoms with Crippen molar-refractivity contribution in [2.75, 3.05) is 0 Å². The maximum absolute atomic E-state index is 6.98. The highest BCUT2D eigenvalue weighted by molar-refractivity contribution is 6.70. The standard InChI is InChI=1S/C48H37BN4O2/c1-48(2,3)34-25-26-50-45(29-34)53-42-20-11-10-17-39(42)40-23-21-36(31-43(40)53)54-35-22-24-44-41(30-35)47-51-27-28-52(47)49(55-44)46-37(32-13-6-4-7-14-32)18-12-19-38(46)33-15-8-5-9-16-33/h4-31H,1-3H3. The van der Waals surface area contributed by atoms with Crippen LogP contribution >= 0.6 is 0 Å². The summed E-state index contributed by atoms with van der Waals surface area (Å²) in [7, 11) is -0.446. The van der Waals surface area contributed by atoms with E-state index < -0.39 is 7.05 Å². The molecule has 1 aliphatic heterocycles. The van der Waals surface area contributed by atoms with Crippen molar-refractivity contribution in [3.05, 3.63) is 176 Å². The van der Waals surface area contributed by atoms with Gasteiger partial charge in [0, 0.05) is 40.9 Å². The smallest absolute Gasteiger partial charge is 0.526 e. The number of ether oxygens (including phenoxy) is 1. The molecule has 6 nitrogen and oxygen atoms in total. The average Bonchev–Trinajstić information content (AvgIpc) is 3.85. The topological polar surface area (TPSA) is 54.1 Å². The van der Waals surface area contributed by atoms with Crippen LogP contribution in [0.25, 0.3) is 61.3 Å². The van der Waals surface area contributed by atoms with Crippen LogP contribution in [0.1, 0.15) is 26.3 Å². The summed E-state index contributed by atoms with van der Waals surface area (Å²) >= 11 is 0. The molecule has 0 atom stereocenters. The highest BCUT2D eigenvalue weighted by Gasteiger charge is 2.37. The number of imidazole rings is 1. The van der Waals surface area contributed by atoms with Crippen LogP contribution in [0.15, 0.2) is 170 Å². The number of benzene rings is 6. The molecule has 0 N–H and O–H groups in total. The zero-order valence-electron chi connectivity index (χ0n) is 30.8. The molecule has 0 saturated carbocycles. The lowest BCUT2D eigenvalue weighted by molar-refractivity contribution is 0.481. The fourth-order valence-electron chi connectivity index (χ4n) is 7.91. The summed E-state index contributed by atoms with van der Waals surface area (Å²) in [6, 6.07) is 52.6. The van der Waals surface area contributed by atoms with Gasteiger partial charge in [0.2, 0.25) is 0 Å². The Hall–Kier alpha value is -6.86. The van der Waals surface area contributed by atoms with E-state index in [9.17, 15) is 0 Å². The normalized spacial score (nSPS) is 12.4. The third-order valence-corrected chi connectivity index (χ3v) is 10.6. The van der Waals surface area contributed by atoms with Gasteiger partial charge in [0.15, 0.2) is 0 Å². The molecule has 0 aliphatic carbocycles. The Morgan fingerprint density at radius 1 is 0.582 bits per heavy atom. The van der Waals surface area contributed by atoms with E-state index in [4.69, 9.17) is 19.4 Å². The largest absolute Gasteiger partial charge is 0.537 e. The minimum atomic E-state index is -0.446. The summed E-state index contributed by atoms with van der Waals surface area (Å²) in [6.45, 7) is 6.68. The van der Waals surface area contributed by atoms with Gasteiger partial charge < -0.3 is 13.9 Å². The van der Waals surface area contributed by atoms with Gasteiger partial charge >= 0.3 is 7.05 Å². The lowest BCUT2D eigenvalue weighted by atomic mass is 9.65. The van der Waals surface area contributed by atoms with Crippen LogP contribution in [0.4, 0.5) is 0 Å². The van der Waals surface area contributed by atoms with E-state index in [2.05, 4.69) is 145 Å². The molecule has 10 rings (SSSR count). The Bertz CT molecular complexity index is 2820. The molecule has 0 radical (unpaired) electrons. The van der Waals surface area contributed by atoms with E-state index in [-0.39, 0.29) is 5.41 Å². The molecular weight excluding hydrogens is 675 g/mol. The van der Waals surface area contributed by atoms with E-state index >= 15 is 0 Å². The molecule has 0 spiro atoms. The van der Waals surface area contributed by atoms with Crippen molar-refractivity contribution in [1.82, 2.24) is 19.0 Å². The molecule has 0 bridgehead atoms. The van der Waals surface area contributed by atoms with Crippen molar-refractivity contribution in [3.8, 4) is 56.7 Å². The first-order chi connectivity index (χ1) is 26.9. The van der Waals surface area contributed by atoms with Crippen LogP contribution in [0.3, 0.4) is 0 Å². The number of hydrogen-bond acceptors (Lipinski definition) is 4. The highest BCUT2D eigenvalue weighted by atomic mass is 16.5. The number of rotatable bonds is 6. The van der Waals surface area contributed by atoms with E-state index in [0.29, 0.717) is 5.75 Å². The monoisotopic (exact) mass is 712 g/mol. The van der Waals surface area contributed by atoms with Gasteiger partial charge in [-0.25, -0.2) is 9.97 Å². The van der Waals surface area contributed by atoms with Gasteiger partial charge in [0.1, 0.15) is 28.9 Å². The third kappa shape index (κ3) is 5.67. The second-order valence-corrected chi connectivity index (χ2v) is 15.1. The van der Waals surface area contributed by atoms with Crippen molar-refractivity contribution in [3.63, 3.8) is 0 Å². The molecule has 55 heavy (non-hydrogen) atoms. The number of nitrogens with zero attached hydrogens (tertiary/aromatic N) is 4. The number of hydrogen-bond donors (Lipinski definition) is 0. The Morgan fingerprint density at radius 3 is 2.00 bits per heavy atom. The maximum atomic E-state index is 6.98. The fraction of sp³-hybridized carbons (Fsp3) is 0.0833. The number of para-hydroxylation sites is 1. The Balaban J connectivity index is 1.04. The fourth-order valence-corrected chi connectivity index (χ4v) is 7.91. The predicted octanol–water partition coefficient (Wildman–Crippen LogP) is 11.1. The van der Waals surface area contributed by atoms with Crippen LogP contribution in [0, 0.1) is 0 Å². The lowest BCUT2D eigenvalue weighted by Crippen LogP contribution is -2.47. The average molecular weight is 713 g/mol. The Morgan fingerprint density at radius 2 is 1.25 bits per heavy atom. The van der Waals surface area contributed by atoms with E-state index in [1.807, 2.05) is 55.0 Å². The number of pyridine rings is 1. The van der Waals surface area contributed by atoms with Gasteiger partial charge in [0.05, 0.1) is 16.6 Å². The van der Waals surface area contributed by atoms with E-state index in [1.54, 1.807) is 0 Å². The van der Waals surface area contributed by atoms with Crippen LogP contribution in [-0.4, -0.2) is 26.1 Å². The number of fused-ring (bicyclic) bond motifs is 6. The molecule has 0 amide bonds. The molecule has 3 aromatic heterocycles. The van der Waals surface area contributed by atoms with E-state index in [0.717, 1.165) is 72.8 Å². The van der Waals surface area contributed by atoms with Crippen molar-refractivity contribution in [1.29, 1.82) is 0 Å². The van der Waals surface area contributed by atoms with Crippen LogP contribution in [-0.2, 0) is 5.41 Å². The molecule has 0 fully saturated rings. The predicted molar refractivity (Wildman–Crippen MR) is 224 cm³/mol. The van der Waals surface area contributed by atoms with Gasteiger partial charge in [-0.05, 0) is 81.8 Å². The van der Waals surface area contributed by atoms with Crippen molar-refractivity contribution < 1.29 is 9.39 Å². The zero-order chi connectivity index (χ0) is 37.1. The molecule has 264 valence electrons. The van der Waals surface area contributed by atoms with Gasteiger partial charge in [-0.15, -0.1) is 0 Å². The summed E-state index contributed by atoms with van der Waals surface area (Å²) in [6.07, 6.45) is 5.75. The van der Waals surface area contributed by atoms with Crippen LogP contribution in [0.5, 0.6) is 17.2 Å². The highest BCUT2D eigenvalue weighted by Crippen LogP contribution is 2.40. The molecule has 9 aromatic rings. The molecule has 7 heteroatoms. The molecule has 0 saturated heterocycles. The molecular formula is C48H37BN4O2. The van der Waals surface area contributed by atoms with Crippen LogP contribution in [0.2, 0.25) is 0 Å². The summed E-state index contributed by atoms with van der Waals surface area (Å²) in [5, 5.41) is 2.31. The summed E-state index contributed by atoms with van der Waals surface area (Å²) in [5.74, 6) is 3.87. The number of aromatic nitrogens is 4. The van der Waals surface area contributed by atoms with Crippen molar-refractivity contribution in [2.24, 2.45) is 0 Å². The first kappa shape index (κ1) is 32.8.